The van der Waals surface area contributed by atoms with Crippen LogP contribution in [-0.2, 0) is 0 Å². The number of H-pyrrole nitrogens is 1. The molecule has 5 rings (SSSR count). The van der Waals surface area contributed by atoms with Gasteiger partial charge in [0.15, 0.2) is 0 Å². The number of amides is 2. The van der Waals surface area contributed by atoms with Gasteiger partial charge in [-0.15, -0.1) is 0 Å². The molecule has 0 unspecified atom stereocenters. The molecule has 4 aromatic rings. The predicted molar refractivity (Wildman–Crippen MR) is 116 cm³/mol. The number of nitrogens with one attached hydrogen (secondary N) is 2. The number of carbonyl (C=O) groups is 1. The van der Waals surface area contributed by atoms with Gasteiger partial charge in [-0.25, -0.2) is 9.59 Å². The van der Waals surface area contributed by atoms with Crippen LogP contribution in [0, 0.1) is 0 Å². The molecule has 1 aromatic heterocycles. The van der Waals surface area contributed by atoms with Gasteiger partial charge in [-0.2, -0.15) is 0 Å². The summed E-state index contributed by atoms with van der Waals surface area (Å²) in [7, 11) is 0. The number of carbonyl (C=O) groups excluding carboxylic acids is 1. The van der Waals surface area contributed by atoms with Crippen molar-refractivity contribution in [3.8, 4) is 0 Å². The molecule has 6 heteroatoms. The molecule has 0 atom stereocenters. The van der Waals surface area contributed by atoms with Crippen molar-refractivity contribution in [2.75, 3.05) is 18.4 Å². The summed E-state index contributed by atoms with van der Waals surface area (Å²) in [4.78, 5) is 29.8. The van der Waals surface area contributed by atoms with Crippen LogP contribution in [-0.4, -0.2) is 33.6 Å². The Hall–Kier alpha value is -3.80. The number of aromatic amines is 1. The summed E-state index contributed by atoms with van der Waals surface area (Å²) in [6.45, 7) is 1.01. The van der Waals surface area contributed by atoms with Gasteiger partial charge in [0.25, 0.3) is 0 Å². The van der Waals surface area contributed by atoms with Gasteiger partial charge in [0, 0.05) is 30.6 Å². The Bertz CT molecular complexity index is 1310. The molecule has 3 aromatic carbocycles. The number of aromatic nitrogens is 2. The minimum atomic E-state index is -0.147. The maximum atomic E-state index is 12.8. The highest BCUT2D eigenvalue weighted by atomic mass is 16.2. The van der Waals surface area contributed by atoms with Crippen molar-refractivity contribution in [3.63, 3.8) is 0 Å². The molecule has 0 spiro atoms. The van der Waals surface area contributed by atoms with Gasteiger partial charge in [0.1, 0.15) is 0 Å². The topological polar surface area (TPSA) is 70.1 Å². The van der Waals surface area contributed by atoms with Gasteiger partial charge >= 0.3 is 11.7 Å². The summed E-state index contributed by atoms with van der Waals surface area (Å²) >= 11 is 0. The highest BCUT2D eigenvalue weighted by molar-refractivity contribution is 6.01. The zero-order valence-corrected chi connectivity index (χ0v) is 15.8. The average molecular weight is 384 g/mol. The van der Waals surface area contributed by atoms with Crippen molar-refractivity contribution in [3.05, 3.63) is 83.3 Å². The Labute approximate surface area is 167 Å². The number of fused-ring (bicyclic) bond motifs is 2. The van der Waals surface area contributed by atoms with E-state index in [0.29, 0.717) is 19.5 Å². The van der Waals surface area contributed by atoms with Crippen molar-refractivity contribution in [1.29, 1.82) is 0 Å². The van der Waals surface area contributed by atoms with Crippen molar-refractivity contribution >= 4 is 39.2 Å². The third-order valence-corrected chi connectivity index (χ3v) is 5.38. The summed E-state index contributed by atoms with van der Waals surface area (Å²) in [6.07, 6.45) is 2.57. The highest BCUT2D eigenvalue weighted by Crippen LogP contribution is 2.24. The van der Waals surface area contributed by atoms with E-state index < -0.39 is 0 Å². The molecule has 2 heterocycles. The molecule has 0 radical (unpaired) electrons. The first kappa shape index (κ1) is 17.3. The molecule has 6 nitrogen and oxygen atoms in total. The van der Waals surface area contributed by atoms with E-state index in [-0.39, 0.29) is 11.7 Å². The molecule has 2 amide bonds. The van der Waals surface area contributed by atoms with E-state index in [1.807, 2.05) is 72.8 Å². The smallest absolute Gasteiger partial charge is 0.320 e. The zero-order valence-electron chi connectivity index (χ0n) is 15.8. The largest absolute Gasteiger partial charge is 0.330 e. The van der Waals surface area contributed by atoms with E-state index in [9.17, 15) is 9.59 Å². The molecule has 0 saturated carbocycles. The maximum absolute atomic E-state index is 12.8. The monoisotopic (exact) mass is 384 g/mol. The number of imidazole rings is 1. The van der Waals surface area contributed by atoms with E-state index in [2.05, 4.69) is 10.3 Å². The number of nitrogens with zero attached hydrogens (tertiary/aromatic N) is 2. The van der Waals surface area contributed by atoms with E-state index in [1.54, 1.807) is 9.47 Å². The number of benzene rings is 3. The molecule has 144 valence electrons. The third-order valence-electron chi connectivity index (χ3n) is 5.38. The van der Waals surface area contributed by atoms with Crippen LogP contribution in [0.3, 0.4) is 0 Å². The number of anilines is 1. The van der Waals surface area contributed by atoms with Crippen LogP contribution in [0.15, 0.2) is 77.6 Å². The number of hydrogen-bond acceptors (Lipinski definition) is 2. The van der Waals surface area contributed by atoms with Gasteiger partial charge in [-0.1, -0.05) is 48.5 Å². The predicted octanol–water partition coefficient (Wildman–Crippen LogP) is 4.26. The van der Waals surface area contributed by atoms with E-state index in [4.69, 9.17) is 0 Å². The van der Waals surface area contributed by atoms with Gasteiger partial charge < -0.3 is 15.2 Å². The number of para-hydroxylation sites is 2. The summed E-state index contributed by atoms with van der Waals surface area (Å²) in [5.41, 5.74) is 3.25. The van der Waals surface area contributed by atoms with E-state index >= 15 is 0 Å². The minimum Gasteiger partial charge on any atom is -0.320 e. The van der Waals surface area contributed by atoms with Crippen LogP contribution in [0.25, 0.3) is 27.5 Å². The van der Waals surface area contributed by atoms with Gasteiger partial charge in [0.2, 0.25) is 0 Å². The third kappa shape index (κ3) is 3.08. The second kappa shape index (κ2) is 6.98. The summed E-state index contributed by atoms with van der Waals surface area (Å²) in [5.74, 6) is 0. The lowest BCUT2D eigenvalue weighted by Crippen LogP contribution is -2.38. The second-order valence-electron chi connectivity index (χ2n) is 7.13. The fourth-order valence-corrected chi connectivity index (χ4v) is 3.91. The Morgan fingerprint density at radius 3 is 2.62 bits per heavy atom. The Morgan fingerprint density at radius 1 is 0.966 bits per heavy atom. The van der Waals surface area contributed by atoms with Crippen LogP contribution in [0.5, 0.6) is 0 Å². The Kier molecular flexibility index (Phi) is 4.17. The molecule has 0 bridgehead atoms. The molecule has 2 N–H and O–H groups in total. The molecular formula is C23H20N4O2. The average Bonchev–Trinajstić information content (AvgIpc) is 3.10. The molecule has 0 aliphatic carbocycles. The lowest BCUT2D eigenvalue weighted by atomic mass is 10.1. The number of hydrogen-bond donors (Lipinski definition) is 2. The standard InChI is InChI=1S/C23H20N4O2/c28-22(24-19-10-5-7-16-6-1-2-8-18(16)19)26-14-12-17(13-15-26)27-21-11-4-3-9-20(21)25-23(27)29/h1-12H,13-15H2,(H,24,28)(H,25,29). The minimum absolute atomic E-state index is 0.136. The van der Waals surface area contributed by atoms with Crippen LogP contribution in [0.2, 0.25) is 0 Å². The first-order chi connectivity index (χ1) is 14.2. The van der Waals surface area contributed by atoms with Crippen LogP contribution < -0.4 is 11.0 Å². The summed E-state index contributed by atoms with van der Waals surface area (Å²) in [5, 5.41) is 5.13. The SMILES string of the molecule is O=C(Nc1cccc2ccccc12)N1CC=C(n2c(=O)[nH]c3ccccc32)CC1. The molecule has 29 heavy (non-hydrogen) atoms. The first-order valence-corrected chi connectivity index (χ1v) is 9.63. The van der Waals surface area contributed by atoms with Crippen LogP contribution in [0.1, 0.15) is 6.42 Å². The number of urea groups is 1. The van der Waals surface area contributed by atoms with Crippen molar-refractivity contribution < 1.29 is 4.79 Å². The normalized spacial score (nSPS) is 14.2. The van der Waals surface area contributed by atoms with Crippen molar-refractivity contribution in [2.24, 2.45) is 0 Å². The highest BCUT2D eigenvalue weighted by Gasteiger charge is 2.20. The summed E-state index contributed by atoms with van der Waals surface area (Å²) < 4.78 is 1.70. The first-order valence-electron chi connectivity index (χ1n) is 9.63. The summed E-state index contributed by atoms with van der Waals surface area (Å²) in [6, 6.07) is 21.4. The molecular weight excluding hydrogens is 364 g/mol. The Balaban J connectivity index is 1.37. The fourth-order valence-electron chi connectivity index (χ4n) is 3.91. The molecule has 1 aliphatic rings. The quantitative estimate of drug-likeness (QED) is 0.542. The second-order valence-corrected chi connectivity index (χ2v) is 7.13. The van der Waals surface area contributed by atoms with E-state index in [0.717, 1.165) is 33.2 Å². The van der Waals surface area contributed by atoms with Crippen LogP contribution >= 0.6 is 0 Å². The maximum Gasteiger partial charge on any atom is 0.330 e. The lowest BCUT2D eigenvalue weighted by molar-refractivity contribution is 0.216. The zero-order chi connectivity index (χ0) is 19.8. The number of rotatable bonds is 2. The van der Waals surface area contributed by atoms with Crippen molar-refractivity contribution in [2.45, 2.75) is 6.42 Å². The van der Waals surface area contributed by atoms with Crippen LogP contribution in [0.4, 0.5) is 10.5 Å². The van der Waals surface area contributed by atoms with Gasteiger partial charge in [-0.3, -0.25) is 4.57 Å². The molecule has 1 aliphatic heterocycles. The lowest BCUT2D eigenvalue weighted by Gasteiger charge is -2.27. The fraction of sp³-hybridized carbons (Fsp3) is 0.130. The van der Waals surface area contributed by atoms with Gasteiger partial charge in [-0.05, 0) is 29.7 Å². The molecule has 0 saturated heterocycles. The van der Waals surface area contributed by atoms with E-state index in [1.165, 1.54) is 0 Å². The van der Waals surface area contributed by atoms with Gasteiger partial charge in [0.05, 0.1) is 16.7 Å². The Morgan fingerprint density at radius 2 is 1.76 bits per heavy atom. The molecule has 0 fully saturated rings. The van der Waals surface area contributed by atoms with Crippen molar-refractivity contribution in [1.82, 2.24) is 14.5 Å².